The molecule has 2 aliphatic carbocycles. The molecule has 26 heavy (non-hydrogen) atoms. The SMILES string of the molecule is COC1CC2C(CC[NH+]3CC4C(CCC(O)C4OC)CC23)C(O)C1OC. The van der Waals surface area contributed by atoms with Crippen molar-refractivity contribution in [3.05, 3.63) is 0 Å². The number of methoxy groups -OCH3 is 3. The van der Waals surface area contributed by atoms with Crippen molar-refractivity contribution in [3.8, 4) is 0 Å². The molecular weight excluding hydrogens is 334 g/mol. The first-order valence-corrected chi connectivity index (χ1v) is 10.4. The summed E-state index contributed by atoms with van der Waals surface area (Å²) in [5.41, 5.74) is 0. The van der Waals surface area contributed by atoms with Crippen molar-refractivity contribution in [1.29, 1.82) is 0 Å². The van der Waals surface area contributed by atoms with E-state index in [0.29, 0.717) is 29.7 Å². The average molecular weight is 371 g/mol. The van der Waals surface area contributed by atoms with E-state index in [1.165, 1.54) is 6.42 Å². The summed E-state index contributed by atoms with van der Waals surface area (Å²) >= 11 is 0. The summed E-state index contributed by atoms with van der Waals surface area (Å²) in [6.07, 6.45) is 4.19. The van der Waals surface area contributed by atoms with Gasteiger partial charge in [0.15, 0.2) is 0 Å². The van der Waals surface area contributed by atoms with Crippen LogP contribution in [-0.2, 0) is 14.2 Å². The van der Waals surface area contributed by atoms with E-state index in [9.17, 15) is 10.2 Å². The number of rotatable bonds is 3. The fraction of sp³-hybridized carbons (Fsp3) is 1.00. The van der Waals surface area contributed by atoms with Crippen LogP contribution in [0.25, 0.3) is 0 Å². The second-order valence-corrected chi connectivity index (χ2v) is 9.04. The number of fused-ring (bicyclic) bond motifs is 4. The Bertz CT molecular complexity index is 491. The lowest BCUT2D eigenvalue weighted by atomic mass is 9.61. The number of aliphatic hydroxyl groups excluding tert-OH is 2. The number of hydrogen-bond donors (Lipinski definition) is 3. The van der Waals surface area contributed by atoms with E-state index in [1.807, 2.05) is 0 Å². The Kier molecular flexibility index (Phi) is 5.61. The van der Waals surface area contributed by atoms with E-state index in [-0.39, 0.29) is 24.4 Å². The fourth-order valence-electron chi connectivity index (χ4n) is 6.95. The van der Waals surface area contributed by atoms with Crippen LogP contribution in [0.2, 0.25) is 0 Å². The molecule has 0 aromatic carbocycles. The van der Waals surface area contributed by atoms with Gasteiger partial charge in [-0.05, 0) is 25.2 Å². The molecule has 4 fully saturated rings. The molecule has 2 heterocycles. The van der Waals surface area contributed by atoms with E-state index in [0.717, 1.165) is 38.8 Å². The molecule has 0 aromatic rings. The van der Waals surface area contributed by atoms with Crippen LogP contribution >= 0.6 is 0 Å². The van der Waals surface area contributed by atoms with Gasteiger partial charge in [0, 0.05) is 51.9 Å². The standard InChI is InChI=1S/C20H35NO5/c1-24-17-9-13-12(18(23)20(17)26-3)6-7-21-10-14-11(8-15(13)21)4-5-16(22)19(14)25-2/h11-20,22-23H,4-10H2,1-3H3/p+1. The van der Waals surface area contributed by atoms with Gasteiger partial charge in [-0.3, -0.25) is 0 Å². The average Bonchev–Trinajstić information content (AvgIpc) is 2.66. The highest BCUT2D eigenvalue weighted by molar-refractivity contribution is 5.00. The van der Waals surface area contributed by atoms with Gasteiger partial charge in [0.25, 0.3) is 0 Å². The summed E-state index contributed by atoms with van der Waals surface area (Å²) < 4.78 is 17.0. The van der Waals surface area contributed by atoms with Crippen LogP contribution in [0.1, 0.15) is 32.1 Å². The molecule has 4 rings (SSSR count). The van der Waals surface area contributed by atoms with Crippen LogP contribution < -0.4 is 4.90 Å². The Hall–Kier alpha value is -0.240. The molecule has 0 radical (unpaired) electrons. The zero-order chi connectivity index (χ0) is 18.4. The van der Waals surface area contributed by atoms with Crippen LogP contribution in [0.15, 0.2) is 0 Å². The molecule has 0 amide bonds. The molecule has 2 saturated carbocycles. The number of nitrogens with one attached hydrogen (secondary N) is 1. The molecule has 2 saturated heterocycles. The molecule has 0 spiro atoms. The lowest BCUT2D eigenvalue weighted by Crippen LogP contribution is -3.20. The second kappa shape index (κ2) is 7.64. The maximum atomic E-state index is 10.9. The van der Waals surface area contributed by atoms with E-state index < -0.39 is 6.10 Å². The number of quaternary nitrogens is 1. The van der Waals surface area contributed by atoms with Crippen LogP contribution in [-0.4, -0.2) is 81.2 Å². The van der Waals surface area contributed by atoms with Crippen molar-refractivity contribution in [3.63, 3.8) is 0 Å². The molecule has 0 bridgehead atoms. The maximum absolute atomic E-state index is 10.9. The molecule has 4 aliphatic rings. The predicted molar refractivity (Wildman–Crippen MR) is 95.9 cm³/mol. The van der Waals surface area contributed by atoms with Gasteiger partial charge in [-0.2, -0.15) is 0 Å². The fourth-order valence-corrected chi connectivity index (χ4v) is 6.95. The Morgan fingerprint density at radius 1 is 0.808 bits per heavy atom. The zero-order valence-electron chi connectivity index (χ0n) is 16.3. The molecule has 11 unspecified atom stereocenters. The first kappa shape index (κ1) is 19.1. The van der Waals surface area contributed by atoms with Crippen LogP contribution in [0.4, 0.5) is 0 Å². The predicted octanol–water partition coefficient (Wildman–Crippen LogP) is -0.524. The first-order chi connectivity index (χ1) is 12.6. The van der Waals surface area contributed by atoms with Crippen molar-refractivity contribution in [2.75, 3.05) is 34.4 Å². The van der Waals surface area contributed by atoms with Crippen LogP contribution in [0.3, 0.4) is 0 Å². The highest BCUT2D eigenvalue weighted by Gasteiger charge is 2.56. The van der Waals surface area contributed by atoms with Gasteiger partial charge in [0.2, 0.25) is 0 Å². The Labute approximate surface area is 156 Å². The highest BCUT2D eigenvalue weighted by atomic mass is 16.5. The Balaban J connectivity index is 1.53. The van der Waals surface area contributed by atoms with Gasteiger partial charge < -0.3 is 29.3 Å². The molecule has 2 aliphatic heterocycles. The lowest BCUT2D eigenvalue weighted by Gasteiger charge is -2.56. The molecule has 3 N–H and O–H groups in total. The van der Waals surface area contributed by atoms with Gasteiger partial charge in [0.1, 0.15) is 6.10 Å². The minimum Gasteiger partial charge on any atom is -0.390 e. The third kappa shape index (κ3) is 3.03. The normalized spacial score (nSPS) is 54.1. The number of aliphatic hydroxyl groups is 2. The van der Waals surface area contributed by atoms with E-state index in [2.05, 4.69) is 0 Å². The zero-order valence-corrected chi connectivity index (χ0v) is 16.3. The quantitative estimate of drug-likeness (QED) is 0.623. The highest BCUT2D eigenvalue weighted by Crippen LogP contribution is 2.44. The topological polar surface area (TPSA) is 72.6 Å². The van der Waals surface area contributed by atoms with Crippen molar-refractivity contribution in [1.82, 2.24) is 0 Å². The summed E-state index contributed by atoms with van der Waals surface area (Å²) in [7, 11) is 5.17. The molecule has 6 heteroatoms. The number of piperidine rings is 2. The summed E-state index contributed by atoms with van der Waals surface area (Å²) in [6.45, 7) is 2.20. The number of hydrogen-bond acceptors (Lipinski definition) is 5. The van der Waals surface area contributed by atoms with Gasteiger partial charge in [-0.1, -0.05) is 0 Å². The minimum absolute atomic E-state index is 0.0125. The Morgan fingerprint density at radius 2 is 1.58 bits per heavy atom. The summed E-state index contributed by atoms with van der Waals surface area (Å²) in [6, 6.07) is 0.591. The summed E-state index contributed by atoms with van der Waals surface area (Å²) in [5, 5.41) is 21.3. The molecular formula is C20H36NO5+. The Morgan fingerprint density at radius 3 is 2.27 bits per heavy atom. The second-order valence-electron chi connectivity index (χ2n) is 9.04. The van der Waals surface area contributed by atoms with Crippen LogP contribution in [0.5, 0.6) is 0 Å². The minimum atomic E-state index is -0.428. The molecule has 11 atom stereocenters. The maximum Gasteiger partial charge on any atom is 0.109 e. The number of ether oxygens (including phenoxy) is 3. The van der Waals surface area contributed by atoms with Gasteiger partial charge >= 0.3 is 0 Å². The molecule has 150 valence electrons. The van der Waals surface area contributed by atoms with E-state index in [1.54, 1.807) is 26.2 Å². The monoisotopic (exact) mass is 370 g/mol. The lowest BCUT2D eigenvalue weighted by molar-refractivity contribution is -0.948. The van der Waals surface area contributed by atoms with E-state index in [4.69, 9.17) is 14.2 Å². The summed E-state index contributed by atoms with van der Waals surface area (Å²) in [5.74, 6) is 1.92. The van der Waals surface area contributed by atoms with Gasteiger partial charge in [-0.25, -0.2) is 0 Å². The third-order valence-electron chi connectivity index (χ3n) is 8.18. The van der Waals surface area contributed by atoms with Gasteiger partial charge in [-0.15, -0.1) is 0 Å². The molecule has 6 nitrogen and oxygen atoms in total. The largest absolute Gasteiger partial charge is 0.390 e. The van der Waals surface area contributed by atoms with Crippen molar-refractivity contribution < 1.29 is 29.3 Å². The van der Waals surface area contributed by atoms with Crippen molar-refractivity contribution in [2.24, 2.45) is 23.7 Å². The molecule has 0 aromatic heterocycles. The smallest absolute Gasteiger partial charge is 0.109 e. The summed E-state index contributed by atoms with van der Waals surface area (Å²) in [4.78, 5) is 1.65. The van der Waals surface area contributed by atoms with Crippen LogP contribution in [0, 0.1) is 23.7 Å². The van der Waals surface area contributed by atoms with Crippen molar-refractivity contribution in [2.45, 2.75) is 68.7 Å². The van der Waals surface area contributed by atoms with Crippen molar-refractivity contribution >= 4 is 0 Å². The van der Waals surface area contributed by atoms with Gasteiger partial charge in [0.05, 0.1) is 43.5 Å². The third-order valence-corrected chi connectivity index (χ3v) is 8.18. The van der Waals surface area contributed by atoms with E-state index >= 15 is 0 Å². The first-order valence-electron chi connectivity index (χ1n) is 10.4.